The molecule has 1 aromatic carbocycles. The van der Waals surface area contributed by atoms with Gasteiger partial charge in [0.2, 0.25) is 5.13 Å². The van der Waals surface area contributed by atoms with Crippen LogP contribution in [0, 0.1) is 17.1 Å². The zero-order chi connectivity index (χ0) is 13.2. The van der Waals surface area contributed by atoms with E-state index in [1.54, 1.807) is 23.7 Å². The van der Waals surface area contributed by atoms with Crippen molar-refractivity contribution in [1.29, 1.82) is 5.26 Å². The van der Waals surface area contributed by atoms with Crippen molar-refractivity contribution in [3.8, 4) is 22.5 Å². The molecule has 0 aliphatic carbocycles. The number of nitriles is 1. The predicted molar refractivity (Wildman–Crippen MR) is 67.1 cm³/mol. The summed E-state index contributed by atoms with van der Waals surface area (Å²) in [7, 11) is 0. The number of hydrogen-bond acceptors (Lipinski definition) is 5. The van der Waals surface area contributed by atoms with Crippen molar-refractivity contribution in [1.82, 2.24) is 20.0 Å². The van der Waals surface area contributed by atoms with Crippen LogP contribution in [0.1, 0.15) is 5.69 Å². The fraction of sp³-hybridized carbons (Fsp3) is 0. The Balaban J connectivity index is 2.22. The number of benzene rings is 1. The molecule has 0 saturated heterocycles. The minimum absolute atomic E-state index is 0.182. The first-order valence-electron chi connectivity index (χ1n) is 5.31. The second-order valence-electron chi connectivity index (χ2n) is 3.63. The average molecular weight is 271 g/mol. The number of hydrogen-bond donors (Lipinski definition) is 0. The first kappa shape index (κ1) is 11.5. The molecular formula is C12H6FN5S. The standard InChI is InChI=1S/C12H6FN5S/c13-9-3-1-8(2-4-9)11-10(7-14)16-17-18(11)12-15-5-6-19-12/h1-6H. The maximum atomic E-state index is 13.0. The largest absolute Gasteiger partial charge is 0.227 e. The Hall–Kier alpha value is -2.59. The van der Waals surface area contributed by atoms with E-state index in [1.807, 2.05) is 6.07 Å². The maximum Gasteiger partial charge on any atom is 0.212 e. The zero-order valence-electron chi connectivity index (χ0n) is 9.49. The Morgan fingerprint density at radius 1 is 1.26 bits per heavy atom. The first-order chi connectivity index (χ1) is 9.29. The Morgan fingerprint density at radius 2 is 2.05 bits per heavy atom. The molecule has 3 rings (SSSR count). The molecule has 0 atom stereocenters. The summed E-state index contributed by atoms with van der Waals surface area (Å²) >= 11 is 1.38. The Bertz CT molecular complexity index is 740. The van der Waals surface area contributed by atoms with E-state index in [9.17, 15) is 4.39 Å². The van der Waals surface area contributed by atoms with E-state index in [1.165, 1.54) is 28.2 Å². The van der Waals surface area contributed by atoms with Crippen LogP contribution in [0.15, 0.2) is 35.8 Å². The van der Waals surface area contributed by atoms with Gasteiger partial charge in [0.25, 0.3) is 0 Å². The van der Waals surface area contributed by atoms with Gasteiger partial charge in [-0.1, -0.05) is 5.21 Å². The minimum atomic E-state index is -0.337. The van der Waals surface area contributed by atoms with Gasteiger partial charge in [0.05, 0.1) is 0 Å². The molecule has 92 valence electrons. The van der Waals surface area contributed by atoms with Gasteiger partial charge in [0.1, 0.15) is 17.6 Å². The fourth-order valence-corrected chi connectivity index (χ4v) is 2.27. The van der Waals surface area contributed by atoms with Crippen LogP contribution >= 0.6 is 11.3 Å². The summed E-state index contributed by atoms with van der Waals surface area (Å²) in [5.41, 5.74) is 1.36. The highest BCUT2D eigenvalue weighted by molar-refractivity contribution is 7.12. The second-order valence-corrected chi connectivity index (χ2v) is 4.50. The third-order valence-electron chi connectivity index (χ3n) is 2.49. The highest BCUT2D eigenvalue weighted by Gasteiger charge is 2.17. The van der Waals surface area contributed by atoms with Gasteiger partial charge in [-0.3, -0.25) is 0 Å². The molecule has 2 heterocycles. The summed E-state index contributed by atoms with van der Waals surface area (Å²) in [6.07, 6.45) is 1.64. The van der Waals surface area contributed by atoms with E-state index in [0.29, 0.717) is 16.4 Å². The van der Waals surface area contributed by atoms with E-state index >= 15 is 0 Å². The first-order valence-corrected chi connectivity index (χ1v) is 6.19. The van der Waals surface area contributed by atoms with Crippen molar-refractivity contribution in [3.05, 3.63) is 47.4 Å². The summed E-state index contributed by atoms with van der Waals surface area (Å²) in [5.74, 6) is -0.337. The second kappa shape index (κ2) is 4.59. The normalized spacial score (nSPS) is 10.3. The highest BCUT2D eigenvalue weighted by atomic mass is 32.1. The van der Waals surface area contributed by atoms with Crippen LogP contribution in [0.4, 0.5) is 4.39 Å². The lowest BCUT2D eigenvalue weighted by Crippen LogP contribution is -1.99. The van der Waals surface area contributed by atoms with Gasteiger partial charge in [-0.15, -0.1) is 16.4 Å². The van der Waals surface area contributed by atoms with Gasteiger partial charge >= 0.3 is 0 Å². The lowest BCUT2D eigenvalue weighted by atomic mass is 10.1. The third-order valence-corrected chi connectivity index (χ3v) is 3.24. The van der Waals surface area contributed by atoms with Gasteiger partial charge in [-0.25, -0.2) is 9.37 Å². The molecule has 0 fully saturated rings. The smallest absolute Gasteiger partial charge is 0.212 e. The molecular weight excluding hydrogens is 265 g/mol. The van der Waals surface area contributed by atoms with Crippen molar-refractivity contribution in [3.63, 3.8) is 0 Å². The monoisotopic (exact) mass is 271 g/mol. The topological polar surface area (TPSA) is 67.4 Å². The molecule has 7 heteroatoms. The lowest BCUT2D eigenvalue weighted by molar-refractivity contribution is 0.628. The minimum Gasteiger partial charge on any atom is -0.227 e. The molecule has 5 nitrogen and oxygen atoms in total. The zero-order valence-corrected chi connectivity index (χ0v) is 10.3. The van der Waals surface area contributed by atoms with Gasteiger partial charge in [-0.2, -0.15) is 9.94 Å². The van der Waals surface area contributed by atoms with Gasteiger partial charge in [0, 0.05) is 17.1 Å². The molecule has 0 aliphatic rings. The molecule has 0 amide bonds. The van der Waals surface area contributed by atoms with Crippen LogP contribution in [-0.2, 0) is 0 Å². The van der Waals surface area contributed by atoms with Crippen molar-refractivity contribution >= 4 is 11.3 Å². The number of aromatic nitrogens is 4. The highest BCUT2D eigenvalue weighted by Crippen LogP contribution is 2.25. The van der Waals surface area contributed by atoms with Gasteiger partial charge in [-0.05, 0) is 24.3 Å². The lowest BCUT2D eigenvalue weighted by Gasteiger charge is -2.03. The predicted octanol–water partition coefficient (Wildman–Crippen LogP) is 2.40. The fourth-order valence-electron chi connectivity index (χ4n) is 1.68. The average Bonchev–Trinajstić information content (AvgIpc) is 3.08. The maximum absolute atomic E-state index is 13.0. The molecule has 3 aromatic rings. The van der Waals surface area contributed by atoms with Gasteiger partial charge in [0.15, 0.2) is 5.69 Å². The molecule has 0 unspecified atom stereocenters. The van der Waals surface area contributed by atoms with E-state index in [0.717, 1.165) is 0 Å². The van der Waals surface area contributed by atoms with Crippen LogP contribution < -0.4 is 0 Å². The van der Waals surface area contributed by atoms with Gasteiger partial charge < -0.3 is 0 Å². The summed E-state index contributed by atoms with van der Waals surface area (Å²) in [5, 5.41) is 19.2. The summed E-state index contributed by atoms with van der Waals surface area (Å²) in [6.45, 7) is 0. The number of halogens is 1. The van der Waals surface area contributed by atoms with Crippen molar-refractivity contribution in [2.75, 3.05) is 0 Å². The molecule has 0 radical (unpaired) electrons. The molecule has 0 aliphatic heterocycles. The van der Waals surface area contributed by atoms with E-state index in [4.69, 9.17) is 5.26 Å². The number of nitrogens with zero attached hydrogens (tertiary/aromatic N) is 5. The number of rotatable bonds is 2. The van der Waals surface area contributed by atoms with Crippen LogP contribution in [-0.4, -0.2) is 20.0 Å². The summed E-state index contributed by atoms with van der Waals surface area (Å²) in [6, 6.07) is 7.80. The molecule has 2 aromatic heterocycles. The van der Waals surface area contributed by atoms with E-state index < -0.39 is 0 Å². The van der Waals surface area contributed by atoms with Crippen molar-refractivity contribution < 1.29 is 4.39 Å². The molecule has 19 heavy (non-hydrogen) atoms. The van der Waals surface area contributed by atoms with Crippen LogP contribution in [0.3, 0.4) is 0 Å². The third kappa shape index (κ3) is 1.98. The summed E-state index contributed by atoms with van der Waals surface area (Å²) in [4.78, 5) is 4.13. The Morgan fingerprint density at radius 3 is 2.68 bits per heavy atom. The molecule has 0 N–H and O–H groups in total. The molecule has 0 bridgehead atoms. The van der Waals surface area contributed by atoms with Crippen LogP contribution in [0.25, 0.3) is 16.4 Å². The Kier molecular flexibility index (Phi) is 2.78. The van der Waals surface area contributed by atoms with Crippen LogP contribution in [0.5, 0.6) is 0 Å². The summed E-state index contributed by atoms with van der Waals surface area (Å²) < 4.78 is 14.5. The Labute approximate surface area is 111 Å². The molecule has 0 saturated carbocycles. The quantitative estimate of drug-likeness (QED) is 0.717. The van der Waals surface area contributed by atoms with E-state index in [2.05, 4.69) is 15.3 Å². The van der Waals surface area contributed by atoms with Crippen molar-refractivity contribution in [2.45, 2.75) is 0 Å². The number of thiazole rings is 1. The van der Waals surface area contributed by atoms with E-state index in [-0.39, 0.29) is 11.5 Å². The van der Waals surface area contributed by atoms with Crippen molar-refractivity contribution in [2.24, 2.45) is 0 Å². The molecule has 0 spiro atoms. The van der Waals surface area contributed by atoms with Crippen LogP contribution in [0.2, 0.25) is 0 Å². The SMILES string of the molecule is N#Cc1nnn(-c2nccs2)c1-c1ccc(F)cc1.